The molecular weight excluding hydrogens is 352 g/mol. The summed E-state index contributed by atoms with van der Waals surface area (Å²) in [5, 5.41) is 12.3. The average Bonchev–Trinajstić information content (AvgIpc) is 3.27. The number of carbonyl (C=O) groups excluding carboxylic acids is 1. The van der Waals surface area contributed by atoms with E-state index < -0.39 is 0 Å². The number of nitrogens with one attached hydrogen (secondary N) is 1. The predicted octanol–water partition coefficient (Wildman–Crippen LogP) is 3.14. The molecule has 2 aromatic heterocycles. The fourth-order valence-corrected chi connectivity index (χ4v) is 3.16. The summed E-state index contributed by atoms with van der Waals surface area (Å²) in [6, 6.07) is 16.4. The molecule has 0 aliphatic carbocycles. The molecule has 4 rings (SSSR count). The third kappa shape index (κ3) is 3.46. The number of carbonyl (C=O) groups is 1. The molecule has 2 heterocycles. The Balaban J connectivity index is 1.54. The van der Waals surface area contributed by atoms with Gasteiger partial charge in [0, 0.05) is 38.3 Å². The van der Waals surface area contributed by atoms with Crippen LogP contribution in [0.4, 0.5) is 11.5 Å². The summed E-state index contributed by atoms with van der Waals surface area (Å²) in [7, 11) is 5.84. The molecule has 142 valence electrons. The number of rotatable bonds is 5. The van der Waals surface area contributed by atoms with Gasteiger partial charge in [-0.25, -0.2) is 0 Å². The minimum Gasteiger partial charge on any atom is -0.378 e. The Bertz CT molecular complexity index is 1120. The molecule has 0 bridgehead atoms. The maximum absolute atomic E-state index is 12.3. The number of fused-ring (bicyclic) bond motifs is 1. The van der Waals surface area contributed by atoms with E-state index in [2.05, 4.69) is 56.8 Å². The van der Waals surface area contributed by atoms with Crippen molar-refractivity contribution in [3.63, 3.8) is 0 Å². The molecule has 7 heteroatoms. The maximum atomic E-state index is 12.3. The van der Waals surface area contributed by atoms with Crippen molar-refractivity contribution in [2.24, 2.45) is 7.05 Å². The van der Waals surface area contributed by atoms with Crippen molar-refractivity contribution in [2.75, 3.05) is 24.3 Å². The lowest BCUT2D eigenvalue weighted by atomic mass is 10.0. The first kappa shape index (κ1) is 17.8. The topological polar surface area (TPSA) is 68.0 Å². The number of anilines is 2. The quantitative estimate of drug-likeness (QED) is 0.583. The zero-order valence-electron chi connectivity index (χ0n) is 16.1. The minimum atomic E-state index is -0.142. The number of amides is 1. The smallest absolute Gasteiger partial charge is 0.247 e. The normalized spacial score (nSPS) is 11.0. The molecular formula is C21H22N6O. The van der Waals surface area contributed by atoms with E-state index in [1.54, 1.807) is 34.9 Å². The van der Waals surface area contributed by atoms with Crippen molar-refractivity contribution >= 4 is 28.3 Å². The van der Waals surface area contributed by atoms with E-state index in [4.69, 9.17) is 0 Å². The van der Waals surface area contributed by atoms with Crippen LogP contribution in [-0.2, 0) is 18.4 Å². The molecule has 0 radical (unpaired) electrons. The van der Waals surface area contributed by atoms with Crippen LogP contribution < -0.4 is 10.2 Å². The molecule has 7 nitrogen and oxygen atoms in total. The highest BCUT2D eigenvalue weighted by Gasteiger charge is 2.10. The van der Waals surface area contributed by atoms with Gasteiger partial charge in [0.25, 0.3) is 0 Å². The van der Waals surface area contributed by atoms with Gasteiger partial charge < -0.3 is 10.2 Å². The Morgan fingerprint density at radius 1 is 1.04 bits per heavy atom. The largest absolute Gasteiger partial charge is 0.378 e. The van der Waals surface area contributed by atoms with Crippen LogP contribution in [0.1, 0.15) is 0 Å². The molecule has 1 N–H and O–H groups in total. The van der Waals surface area contributed by atoms with E-state index in [0.717, 1.165) is 27.7 Å². The molecule has 2 aromatic carbocycles. The molecule has 0 spiro atoms. The number of aromatic nitrogens is 4. The molecule has 0 fully saturated rings. The highest BCUT2D eigenvalue weighted by Crippen LogP contribution is 2.26. The Morgan fingerprint density at radius 2 is 1.79 bits per heavy atom. The predicted molar refractivity (Wildman–Crippen MR) is 111 cm³/mol. The van der Waals surface area contributed by atoms with Crippen molar-refractivity contribution in [1.82, 2.24) is 19.6 Å². The van der Waals surface area contributed by atoms with E-state index in [-0.39, 0.29) is 12.5 Å². The Kier molecular flexibility index (Phi) is 4.57. The van der Waals surface area contributed by atoms with Gasteiger partial charge in [0.15, 0.2) is 0 Å². The first-order valence-corrected chi connectivity index (χ1v) is 9.02. The summed E-state index contributed by atoms with van der Waals surface area (Å²) in [4.78, 5) is 14.4. The van der Waals surface area contributed by atoms with Gasteiger partial charge in [-0.1, -0.05) is 18.2 Å². The van der Waals surface area contributed by atoms with Crippen LogP contribution in [0.25, 0.3) is 22.0 Å². The third-order valence-electron chi connectivity index (χ3n) is 4.74. The first-order chi connectivity index (χ1) is 13.5. The fourth-order valence-electron chi connectivity index (χ4n) is 3.16. The summed E-state index contributed by atoms with van der Waals surface area (Å²) in [5.41, 5.74) is 4.36. The van der Waals surface area contributed by atoms with Gasteiger partial charge in [0.05, 0.1) is 17.9 Å². The van der Waals surface area contributed by atoms with Crippen LogP contribution in [0, 0.1) is 0 Å². The third-order valence-corrected chi connectivity index (χ3v) is 4.74. The van der Waals surface area contributed by atoms with Gasteiger partial charge in [0.1, 0.15) is 12.4 Å². The summed E-state index contributed by atoms with van der Waals surface area (Å²) < 4.78 is 3.33. The van der Waals surface area contributed by atoms with Gasteiger partial charge in [-0.3, -0.25) is 14.2 Å². The van der Waals surface area contributed by atoms with Crippen LogP contribution >= 0.6 is 0 Å². The van der Waals surface area contributed by atoms with Crippen molar-refractivity contribution in [3.8, 4) is 11.1 Å². The molecule has 0 aliphatic rings. The minimum absolute atomic E-state index is 0.142. The van der Waals surface area contributed by atoms with Gasteiger partial charge in [0.2, 0.25) is 5.91 Å². The first-order valence-electron chi connectivity index (χ1n) is 9.02. The van der Waals surface area contributed by atoms with Crippen molar-refractivity contribution in [3.05, 3.63) is 60.9 Å². The van der Waals surface area contributed by atoms with Crippen LogP contribution in [0.3, 0.4) is 0 Å². The summed E-state index contributed by atoms with van der Waals surface area (Å²) >= 11 is 0. The van der Waals surface area contributed by atoms with Crippen LogP contribution in [0.5, 0.6) is 0 Å². The molecule has 0 saturated carbocycles. The number of hydrogen-bond donors (Lipinski definition) is 1. The van der Waals surface area contributed by atoms with Gasteiger partial charge in [-0.2, -0.15) is 10.2 Å². The fraction of sp³-hybridized carbons (Fsp3) is 0.190. The number of hydrogen-bond acceptors (Lipinski definition) is 4. The molecule has 0 unspecified atom stereocenters. The monoisotopic (exact) mass is 374 g/mol. The van der Waals surface area contributed by atoms with Gasteiger partial charge >= 0.3 is 0 Å². The van der Waals surface area contributed by atoms with Crippen molar-refractivity contribution in [2.45, 2.75) is 6.54 Å². The SMILES string of the molecule is CN(C)c1ccc(-c2ccc3c(cnn3CC(=O)Nc3ccnn3C)c2)cc1. The molecule has 0 atom stereocenters. The molecule has 0 aliphatic heterocycles. The van der Waals surface area contributed by atoms with E-state index in [0.29, 0.717) is 5.82 Å². The molecule has 0 saturated heterocycles. The lowest BCUT2D eigenvalue weighted by Gasteiger charge is -2.12. The second kappa shape index (κ2) is 7.19. The number of benzene rings is 2. The van der Waals surface area contributed by atoms with Gasteiger partial charge in [-0.15, -0.1) is 0 Å². The number of aryl methyl sites for hydroxylation is 1. The highest BCUT2D eigenvalue weighted by molar-refractivity contribution is 5.91. The summed E-state index contributed by atoms with van der Waals surface area (Å²) in [6.07, 6.45) is 3.44. The van der Waals surface area contributed by atoms with Crippen LogP contribution in [0.2, 0.25) is 0 Å². The molecule has 4 aromatic rings. The van der Waals surface area contributed by atoms with Crippen LogP contribution in [-0.4, -0.2) is 39.6 Å². The van der Waals surface area contributed by atoms with E-state index in [9.17, 15) is 4.79 Å². The highest BCUT2D eigenvalue weighted by atomic mass is 16.2. The molecule has 1 amide bonds. The second-order valence-corrected chi connectivity index (χ2v) is 6.91. The second-order valence-electron chi connectivity index (χ2n) is 6.91. The Labute approximate surface area is 163 Å². The standard InChI is InChI=1S/C21H22N6O/c1-25(2)18-7-4-15(5-8-18)16-6-9-19-17(12-16)13-23-27(19)14-21(28)24-20-10-11-22-26(20)3/h4-13H,14H2,1-3H3,(H,24,28). The summed E-state index contributed by atoms with van der Waals surface area (Å²) in [6.45, 7) is 0.144. The Morgan fingerprint density at radius 3 is 2.46 bits per heavy atom. The zero-order valence-corrected chi connectivity index (χ0v) is 16.1. The van der Waals surface area contributed by atoms with Crippen LogP contribution in [0.15, 0.2) is 60.9 Å². The number of nitrogens with zero attached hydrogens (tertiary/aromatic N) is 5. The lowest BCUT2D eigenvalue weighted by molar-refractivity contribution is -0.116. The Hall–Kier alpha value is -3.61. The lowest BCUT2D eigenvalue weighted by Crippen LogP contribution is -2.20. The van der Waals surface area contributed by atoms with E-state index in [1.807, 2.05) is 20.2 Å². The van der Waals surface area contributed by atoms with E-state index in [1.165, 1.54) is 0 Å². The average molecular weight is 374 g/mol. The maximum Gasteiger partial charge on any atom is 0.247 e. The molecule has 28 heavy (non-hydrogen) atoms. The summed E-state index contributed by atoms with van der Waals surface area (Å²) in [5.74, 6) is 0.516. The van der Waals surface area contributed by atoms with Crippen molar-refractivity contribution < 1.29 is 4.79 Å². The van der Waals surface area contributed by atoms with Crippen molar-refractivity contribution in [1.29, 1.82) is 0 Å². The van der Waals surface area contributed by atoms with Gasteiger partial charge in [-0.05, 0) is 35.4 Å². The zero-order chi connectivity index (χ0) is 19.7. The van der Waals surface area contributed by atoms with E-state index >= 15 is 0 Å².